The van der Waals surface area contributed by atoms with Gasteiger partial charge in [-0.05, 0) is 54.3 Å². The van der Waals surface area contributed by atoms with Crippen molar-refractivity contribution in [1.82, 2.24) is 0 Å². The van der Waals surface area contributed by atoms with Gasteiger partial charge >= 0.3 is 6.03 Å². The molecule has 0 saturated heterocycles. The lowest BCUT2D eigenvalue weighted by Gasteiger charge is -2.23. The average molecular weight is 325 g/mol. The Labute approximate surface area is 142 Å². The maximum Gasteiger partial charge on any atom is 0.323 e. The first kappa shape index (κ1) is 16.3. The molecule has 3 N–H and O–H groups in total. The minimum atomic E-state index is -0.331. The summed E-state index contributed by atoms with van der Waals surface area (Å²) in [5, 5.41) is 15.6. The van der Waals surface area contributed by atoms with Crippen molar-refractivity contribution in [1.29, 1.82) is 0 Å². The molecule has 0 radical (unpaired) electrons. The first-order valence-electron chi connectivity index (χ1n) is 8.17. The molecule has 0 saturated carbocycles. The first-order valence-corrected chi connectivity index (χ1v) is 8.17. The Kier molecular flexibility index (Phi) is 4.71. The van der Waals surface area contributed by atoms with E-state index < -0.39 is 0 Å². The molecule has 1 unspecified atom stereocenters. The number of amides is 2. The number of nitrogens with one attached hydrogen (secondary N) is 2. The topological polar surface area (TPSA) is 64.6 Å². The summed E-state index contributed by atoms with van der Waals surface area (Å²) in [5.41, 5.74) is 4.83. The summed E-state index contributed by atoms with van der Waals surface area (Å²) in [4.78, 5) is 14.3. The van der Waals surface area contributed by atoms with Crippen LogP contribution < -0.4 is 15.5 Å². The second-order valence-corrected chi connectivity index (χ2v) is 6.36. The van der Waals surface area contributed by atoms with Gasteiger partial charge in [0.25, 0.3) is 0 Å². The van der Waals surface area contributed by atoms with Gasteiger partial charge in [0.1, 0.15) is 0 Å². The molecule has 126 valence electrons. The van der Waals surface area contributed by atoms with Gasteiger partial charge in [-0.3, -0.25) is 0 Å². The van der Waals surface area contributed by atoms with Gasteiger partial charge in [-0.25, -0.2) is 4.79 Å². The maximum atomic E-state index is 12.3. The number of carbonyl (C=O) groups is 1. The zero-order valence-corrected chi connectivity index (χ0v) is 14.0. The third kappa shape index (κ3) is 3.68. The number of aliphatic hydroxyl groups is 1. The third-order valence-corrected chi connectivity index (χ3v) is 4.35. The van der Waals surface area contributed by atoms with Crippen molar-refractivity contribution in [2.75, 3.05) is 29.6 Å². The van der Waals surface area contributed by atoms with Gasteiger partial charge in [0, 0.05) is 37.6 Å². The minimum absolute atomic E-state index is 0.277. The van der Waals surface area contributed by atoms with Gasteiger partial charge in [-0.2, -0.15) is 0 Å². The summed E-state index contributed by atoms with van der Waals surface area (Å²) in [5.74, 6) is 0. The van der Waals surface area contributed by atoms with Crippen LogP contribution in [0.25, 0.3) is 0 Å². The normalized spacial score (nSPS) is 16.2. The van der Waals surface area contributed by atoms with Crippen LogP contribution >= 0.6 is 0 Å². The Morgan fingerprint density at radius 2 is 1.88 bits per heavy atom. The van der Waals surface area contributed by atoms with E-state index in [4.69, 9.17) is 0 Å². The van der Waals surface area contributed by atoms with Gasteiger partial charge in [0.05, 0.1) is 6.10 Å². The van der Waals surface area contributed by atoms with E-state index in [1.807, 2.05) is 55.4 Å². The maximum absolute atomic E-state index is 12.3. The smallest absolute Gasteiger partial charge is 0.323 e. The molecule has 0 fully saturated rings. The lowest BCUT2D eigenvalue weighted by atomic mass is 9.88. The predicted octanol–water partition coefficient (Wildman–Crippen LogP) is 3.25. The summed E-state index contributed by atoms with van der Waals surface area (Å²) in [6.45, 7) is 0. The number of rotatable bonds is 3. The van der Waals surface area contributed by atoms with E-state index in [-0.39, 0.29) is 12.1 Å². The van der Waals surface area contributed by atoms with Crippen molar-refractivity contribution < 1.29 is 9.90 Å². The number of carbonyl (C=O) groups excluding carboxylic acids is 1. The lowest BCUT2D eigenvalue weighted by molar-refractivity contribution is 0.159. The summed E-state index contributed by atoms with van der Waals surface area (Å²) in [6.07, 6.45) is 1.88. The Morgan fingerprint density at radius 3 is 2.58 bits per heavy atom. The molecule has 5 nitrogen and oxygen atoms in total. The second-order valence-electron chi connectivity index (χ2n) is 6.36. The summed E-state index contributed by atoms with van der Waals surface area (Å²) in [6, 6.07) is 13.3. The van der Waals surface area contributed by atoms with E-state index in [0.717, 1.165) is 35.5 Å². The van der Waals surface area contributed by atoms with Crippen LogP contribution in [0.1, 0.15) is 17.5 Å². The average Bonchev–Trinajstić information content (AvgIpc) is 2.56. The molecular weight excluding hydrogens is 302 g/mol. The van der Waals surface area contributed by atoms with Gasteiger partial charge in [0.2, 0.25) is 0 Å². The number of nitrogens with zero attached hydrogens (tertiary/aromatic N) is 1. The number of hydrogen-bond donors (Lipinski definition) is 3. The van der Waals surface area contributed by atoms with Crippen LogP contribution in [-0.2, 0) is 12.8 Å². The number of aryl methyl sites for hydroxylation is 1. The fourth-order valence-corrected chi connectivity index (χ4v) is 3.01. The Bertz CT molecular complexity index is 726. The van der Waals surface area contributed by atoms with Crippen LogP contribution in [0.4, 0.5) is 21.9 Å². The van der Waals surface area contributed by atoms with E-state index in [1.165, 1.54) is 5.56 Å². The van der Waals surface area contributed by atoms with Gasteiger partial charge in [0.15, 0.2) is 0 Å². The molecule has 2 amide bonds. The molecule has 1 aliphatic carbocycles. The minimum Gasteiger partial charge on any atom is -0.393 e. The van der Waals surface area contributed by atoms with Crippen molar-refractivity contribution in [3.05, 3.63) is 53.6 Å². The van der Waals surface area contributed by atoms with Crippen molar-refractivity contribution in [3.8, 4) is 0 Å². The standard InChI is InChI=1S/C19H23N3O2/c1-22(2)15-9-7-14(8-10-15)20-19(24)21-18-5-3-4-13-6-11-16(23)12-17(13)18/h3-5,7-10,16,23H,6,11-12H2,1-2H3,(H2,20,21,24). The van der Waals surface area contributed by atoms with Crippen LogP contribution in [0.2, 0.25) is 0 Å². The summed E-state index contributed by atoms with van der Waals surface area (Å²) < 4.78 is 0. The van der Waals surface area contributed by atoms with E-state index in [2.05, 4.69) is 16.7 Å². The van der Waals surface area contributed by atoms with E-state index in [9.17, 15) is 9.90 Å². The molecule has 0 aliphatic heterocycles. The van der Waals surface area contributed by atoms with Crippen LogP contribution in [-0.4, -0.2) is 31.3 Å². The highest BCUT2D eigenvalue weighted by Crippen LogP contribution is 2.28. The molecule has 0 spiro atoms. The Morgan fingerprint density at radius 1 is 1.12 bits per heavy atom. The summed E-state index contributed by atoms with van der Waals surface area (Å²) in [7, 11) is 3.95. The lowest BCUT2D eigenvalue weighted by Crippen LogP contribution is -2.24. The fraction of sp³-hybridized carbons (Fsp3) is 0.316. The van der Waals surface area contributed by atoms with Crippen molar-refractivity contribution in [2.45, 2.75) is 25.4 Å². The molecule has 5 heteroatoms. The number of hydrogen-bond acceptors (Lipinski definition) is 3. The van der Waals surface area contributed by atoms with Crippen molar-refractivity contribution in [2.24, 2.45) is 0 Å². The highest BCUT2D eigenvalue weighted by Gasteiger charge is 2.19. The molecule has 0 heterocycles. The van der Waals surface area contributed by atoms with Crippen LogP contribution in [0, 0.1) is 0 Å². The zero-order chi connectivity index (χ0) is 17.1. The van der Waals surface area contributed by atoms with Crippen LogP contribution in [0.3, 0.4) is 0 Å². The van der Waals surface area contributed by atoms with E-state index in [1.54, 1.807) is 0 Å². The largest absolute Gasteiger partial charge is 0.393 e. The van der Waals surface area contributed by atoms with Gasteiger partial charge in [-0.15, -0.1) is 0 Å². The monoisotopic (exact) mass is 325 g/mol. The van der Waals surface area contributed by atoms with Gasteiger partial charge < -0.3 is 20.6 Å². The van der Waals surface area contributed by atoms with Crippen molar-refractivity contribution >= 4 is 23.1 Å². The number of urea groups is 1. The zero-order valence-electron chi connectivity index (χ0n) is 14.0. The molecule has 24 heavy (non-hydrogen) atoms. The quantitative estimate of drug-likeness (QED) is 0.812. The molecule has 2 aromatic rings. The molecule has 2 aromatic carbocycles. The number of fused-ring (bicyclic) bond motifs is 1. The molecular formula is C19H23N3O2. The van der Waals surface area contributed by atoms with E-state index >= 15 is 0 Å². The second kappa shape index (κ2) is 6.93. The van der Waals surface area contributed by atoms with Gasteiger partial charge in [-0.1, -0.05) is 12.1 Å². The fourth-order valence-electron chi connectivity index (χ4n) is 3.01. The summed E-state index contributed by atoms with van der Waals surface area (Å²) >= 11 is 0. The number of anilines is 3. The SMILES string of the molecule is CN(C)c1ccc(NC(=O)Nc2cccc3c2CC(O)CC3)cc1. The highest BCUT2D eigenvalue weighted by molar-refractivity contribution is 6.00. The number of benzene rings is 2. The predicted molar refractivity (Wildman–Crippen MR) is 97.9 cm³/mol. The Balaban J connectivity index is 1.69. The molecule has 1 atom stereocenters. The molecule has 0 bridgehead atoms. The molecule has 3 rings (SSSR count). The Hall–Kier alpha value is -2.53. The van der Waals surface area contributed by atoms with Crippen LogP contribution in [0.15, 0.2) is 42.5 Å². The molecule has 1 aliphatic rings. The van der Waals surface area contributed by atoms with E-state index in [0.29, 0.717) is 6.42 Å². The molecule has 0 aromatic heterocycles. The highest BCUT2D eigenvalue weighted by atomic mass is 16.3. The van der Waals surface area contributed by atoms with Crippen LogP contribution in [0.5, 0.6) is 0 Å². The van der Waals surface area contributed by atoms with Crippen molar-refractivity contribution in [3.63, 3.8) is 0 Å². The third-order valence-electron chi connectivity index (χ3n) is 4.35. The number of aliphatic hydroxyl groups excluding tert-OH is 1. The first-order chi connectivity index (χ1) is 11.5.